The van der Waals surface area contributed by atoms with Crippen LogP contribution in [0.15, 0.2) is 36.4 Å². The Morgan fingerprint density at radius 1 is 1.07 bits per heavy atom. The molecule has 3 atom stereocenters. The predicted octanol–water partition coefficient (Wildman–Crippen LogP) is 5.10. The molecule has 2 aliphatic carbocycles. The molecule has 0 radical (unpaired) electrons. The number of aliphatic hydroxyl groups is 1. The molecule has 3 fully saturated rings. The molecule has 0 spiro atoms. The van der Waals surface area contributed by atoms with Crippen LogP contribution in [-0.2, 0) is 22.5 Å². The van der Waals surface area contributed by atoms with Crippen LogP contribution in [0.2, 0.25) is 0 Å². The number of likely N-dealkylation sites (tertiary alicyclic amines) is 1. The molecule has 1 aromatic heterocycles. The van der Waals surface area contributed by atoms with Crippen LogP contribution in [0.3, 0.4) is 0 Å². The predicted molar refractivity (Wildman–Crippen MR) is 175 cm³/mol. The van der Waals surface area contributed by atoms with Gasteiger partial charge in [0.25, 0.3) is 5.91 Å². The van der Waals surface area contributed by atoms with Gasteiger partial charge in [-0.2, -0.15) is 0 Å². The monoisotopic (exact) mass is 632 g/mol. The number of nitrogens with one attached hydrogen (secondary N) is 1. The quantitative estimate of drug-likeness (QED) is 0.394. The number of piperidine rings is 1. The summed E-state index contributed by atoms with van der Waals surface area (Å²) in [5, 5.41) is 11.7. The molecule has 4 aliphatic rings. The summed E-state index contributed by atoms with van der Waals surface area (Å²) in [6.45, 7) is 3.47. The lowest BCUT2D eigenvalue weighted by Gasteiger charge is -2.38. The van der Waals surface area contributed by atoms with E-state index in [1.54, 1.807) is 21.2 Å². The minimum Gasteiger partial charge on any atom is -0.497 e. The highest BCUT2D eigenvalue weighted by molar-refractivity contribution is 7.81. The number of aromatic nitrogens is 1. The van der Waals surface area contributed by atoms with E-state index < -0.39 is 28.1 Å². The topological polar surface area (TPSA) is 104 Å². The number of hydrogen-bond acceptors (Lipinski definition) is 5. The van der Waals surface area contributed by atoms with Crippen molar-refractivity contribution >= 4 is 33.9 Å². The van der Waals surface area contributed by atoms with Gasteiger partial charge in [-0.05, 0) is 86.4 Å². The first-order valence-corrected chi connectivity index (χ1v) is 17.4. The highest BCUT2D eigenvalue weighted by Crippen LogP contribution is 2.66. The molecule has 45 heavy (non-hydrogen) atoms. The average molecular weight is 633 g/mol. The minimum atomic E-state index is -1.65. The molecule has 2 saturated carbocycles. The smallest absolute Gasteiger partial charge is 0.264 e. The van der Waals surface area contributed by atoms with Gasteiger partial charge in [-0.3, -0.25) is 14.3 Å². The Kier molecular flexibility index (Phi) is 7.61. The zero-order chi connectivity index (χ0) is 31.7. The van der Waals surface area contributed by atoms with Crippen molar-refractivity contribution in [3.8, 4) is 17.0 Å². The summed E-state index contributed by atoms with van der Waals surface area (Å²) < 4.78 is 24.5. The van der Waals surface area contributed by atoms with E-state index in [-0.39, 0.29) is 11.8 Å². The molecule has 1 saturated heterocycles. The Balaban J connectivity index is 1.41. The van der Waals surface area contributed by atoms with Gasteiger partial charge in [0.15, 0.2) is 11.2 Å². The third-order valence-electron chi connectivity index (χ3n) is 10.8. The number of methoxy groups -OCH3 is 1. The second kappa shape index (κ2) is 11.2. The van der Waals surface area contributed by atoms with E-state index in [1.165, 1.54) is 29.1 Å². The van der Waals surface area contributed by atoms with Crippen LogP contribution in [0.4, 0.5) is 0 Å². The third kappa shape index (κ3) is 5.19. The maximum Gasteiger partial charge on any atom is 0.264 e. The van der Waals surface area contributed by atoms with Gasteiger partial charge in [-0.15, -0.1) is 0 Å². The minimum absolute atomic E-state index is 0.0562. The van der Waals surface area contributed by atoms with Crippen LogP contribution in [-0.4, -0.2) is 74.8 Å². The maximum atomic E-state index is 14.6. The molecule has 10 heteroatoms. The molecule has 2 N–H and O–H groups in total. The lowest BCUT2D eigenvalue weighted by atomic mass is 9.81. The Morgan fingerprint density at radius 3 is 2.49 bits per heavy atom. The first-order chi connectivity index (χ1) is 21.5. The van der Waals surface area contributed by atoms with E-state index in [2.05, 4.69) is 27.5 Å². The van der Waals surface area contributed by atoms with Gasteiger partial charge >= 0.3 is 0 Å². The van der Waals surface area contributed by atoms with Gasteiger partial charge in [-0.1, -0.05) is 25.3 Å². The fraction of sp³-hybridized carbons (Fsp3) is 0.543. The largest absolute Gasteiger partial charge is 0.497 e. The zero-order valence-electron chi connectivity index (χ0n) is 26.7. The summed E-state index contributed by atoms with van der Waals surface area (Å²) in [5.41, 5.74) is 4.80. The molecular formula is C35H44N4O5S. The Hall–Kier alpha value is -3.21. The molecule has 2 amide bonds. The Morgan fingerprint density at radius 2 is 1.80 bits per heavy atom. The van der Waals surface area contributed by atoms with Crippen molar-refractivity contribution in [2.75, 3.05) is 34.3 Å². The van der Waals surface area contributed by atoms with Crippen molar-refractivity contribution in [1.82, 2.24) is 18.5 Å². The molecule has 0 bridgehead atoms. The van der Waals surface area contributed by atoms with Crippen LogP contribution in [0.1, 0.15) is 91.6 Å². The van der Waals surface area contributed by atoms with Gasteiger partial charge < -0.3 is 19.3 Å². The molecule has 3 unspecified atom stereocenters. The van der Waals surface area contributed by atoms with Crippen LogP contribution < -0.4 is 9.46 Å². The van der Waals surface area contributed by atoms with Crippen molar-refractivity contribution < 1.29 is 23.6 Å². The van der Waals surface area contributed by atoms with E-state index in [4.69, 9.17) is 4.74 Å². The van der Waals surface area contributed by atoms with Gasteiger partial charge in [0.05, 0.1) is 23.8 Å². The fourth-order valence-electron chi connectivity index (χ4n) is 8.16. The summed E-state index contributed by atoms with van der Waals surface area (Å²) in [6.07, 6.45) is 7.73. The number of ether oxygens (including phenoxy) is 1. The Bertz CT molecular complexity index is 1700. The van der Waals surface area contributed by atoms with E-state index in [1.807, 2.05) is 30.0 Å². The Labute approximate surface area is 267 Å². The molecular weight excluding hydrogens is 588 g/mol. The first-order valence-electron chi connectivity index (χ1n) is 16.3. The number of amides is 2. The summed E-state index contributed by atoms with van der Waals surface area (Å²) in [6, 6.07) is 12.1. The zero-order valence-corrected chi connectivity index (χ0v) is 27.5. The third-order valence-corrected chi connectivity index (χ3v) is 11.9. The molecule has 240 valence electrons. The summed E-state index contributed by atoms with van der Waals surface area (Å²) in [7, 11) is 4.99. The molecule has 9 nitrogen and oxygen atoms in total. The number of carbonyl (C=O) groups excluding carboxylic acids is 2. The van der Waals surface area contributed by atoms with Crippen LogP contribution in [0.5, 0.6) is 5.75 Å². The lowest BCUT2D eigenvalue weighted by Crippen LogP contribution is -2.48. The van der Waals surface area contributed by atoms with Crippen molar-refractivity contribution in [2.45, 2.75) is 82.3 Å². The maximum absolute atomic E-state index is 14.6. The van der Waals surface area contributed by atoms with Gasteiger partial charge in [0.2, 0.25) is 5.91 Å². The van der Waals surface area contributed by atoms with Crippen molar-refractivity contribution in [1.29, 1.82) is 0 Å². The van der Waals surface area contributed by atoms with Crippen molar-refractivity contribution in [3.63, 3.8) is 0 Å². The highest BCUT2D eigenvalue weighted by Gasteiger charge is 2.64. The molecule has 3 aromatic rings. The summed E-state index contributed by atoms with van der Waals surface area (Å²) >= 11 is -1.65. The first kappa shape index (κ1) is 30.4. The fourth-order valence-corrected chi connectivity index (χ4v) is 8.62. The van der Waals surface area contributed by atoms with Gasteiger partial charge in [0, 0.05) is 61.7 Å². The molecule has 3 heterocycles. The number of carbonyl (C=O) groups is 2. The van der Waals surface area contributed by atoms with E-state index in [0.29, 0.717) is 44.0 Å². The number of rotatable bonds is 6. The molecule has 2 aromatic carbocycles. The van der Waals surface area contributed by atoms with E-state index >= 15 is 0 Å². The van der Waals surface area contributed by atoms with Crippen LogP contribution >= 0.6 is 0 Å². The number of nitrogens with zero attached hydrogens (tertiary/aromatic N) is 3. The number of benzene rings is 2. The number of fused-ring (bicyclic) bond motifs is 7. The summed E-state index contributed by atoms with van der Waals surface area (Å²) in [4.78, 5) is 29.8. The average Bonchev–Trinajstić information content (AvgIpc) is 3.70. The highest BCUT2D eigenvalue weighted by atomic mass is 32.2. The molecule has 2 aliphatic heterocycles. The van der Waals surface area contributed by atoms with Crippen LogP contribution in [0.25, 0.3) is 22.2 Å². The second-order valence-corrected chi connectivity index (χ2v) is 15.5. The van der Waals surface area contributed by atoms with Crippen molar-refractivity contribution in [3.05, 3.63) is 53.1 Å². The van der Waals surface area contributed by atoms with Gasteiger partial charge in [0.1, 0.15) is 5.75 Å². The standard InChI is InChI=1S/C35H44N4O5S/c1-34(42)14-16-38(17-15-34)33(41)35-20-28(35)27-19-24(44-4)11-13-25(27)31-30(22-8-6-5-7-9-22)26-12-10-23(18-29(26)39(31)21-35)32(40)36-45(43)37(2)3/h10-13,18-19,22,28,42H,5-9,14-17,20-21H2,1-4H3,(H,36,40). The SMILES string of the molecule is COc1ccc2c(c1)C1CC1(C(=O)N1CCC(C)(O)CC1)Cn1c-2c(C2CCCCC2)c2ccc(C(=O)NS(=O)N(C)C)cc21. The normalized spacial score (nSPS) is 24.8. The lowest BCUT2D eigenvalue weighted by molar-refractivity contribution is -0.141. The second-order valence-electron chi connectivity index (χ2n) is 14.1. The van der Waals surface area contributed by atoms with E-state index in [0.717, 1.165) is 52.7 Å². The summed E-state index contributed by atoms with van der Waals surface area (Å²) in [5.74, 6) is 0.987. The van der Waals surface area contributed by atoms with E-state index in [9.17, 15) is 18.9 Å². The molecule has 7 rings (SSSR count). The number of hydrogen-bond donors (Lipinski definition) is 2. The van der Waals surface area contributed by atoms with Gasteiger partial charge in [-0.25, -0.2) is 8.51 Å². The van der Waals surface area contributed by atoms with Crippen molar-refractivity contribution in [2.24, 2.45) is 5.41 Å². The van der Waals surface area contributed by atoms with Crippen LogP contribution in [0, 0.1) is 5.41 Å².